The molecule has 0 aliphatic rings. The highest BCUT2D eigenvalue weighted by molar-refractivity contribution is 5.74. The quantitative estimate of drug-likeness (QED) is 0.649. The van der Waals surface area contributed by atoms with Gasteiger partial charge in [-0.2, -0.15) is 4.98 Å². The van der Waals surface area contributed by atoms with Gasteiger partial charge in [0.25, 0.3) is 0 Å². The van der Waals surface area contributed by atoms with Gasteiger partial charge in [0.1, 0.15) is 5.82 Å². The Bertz CT molecular complexity index is 345. The molecule has 1 heterocycles. The molecule has 6 heteroatoms. The first-order chi connectivity index (χ1) is 6.97. The van der Waals surface area contributed by atoms with Crippen LogP contribution in [0.3, 0.4) is 0 Å². The molecule has 0 bridgehead atoms. The van der Waals surface area contributed by atoms with Crippen LogP contribution in [0.15, 0.2) is 6.07 Å². The van der Waals surface area contributed by atoms with Gasteiger partial charge in [0.15, 0.2) is 0 Å². The van der Waals surface area contributed by atoms with Gasteiger partial charge in [-0.25, -0.2) is 4.98 Å². The second kappa shape index (κ2) is 4.59. The van der Waals surface area contributed by atoms with Crippen LogP contribution < -0.4 is 16.8 Å². The van der Waals surface area contributed by atoms with Gasteiger partial charge in [0.05, 0.1) is 0 Å². The zero-order chi connectivity index (χ0) is 11.4. The van der Waals surface area contributed by atoms with Gasteiger partial charge in [0.2, 0.25) is 11.9 Å². The second-order valence-electron chi connectivity index (χ2n) is 3.47. The van der Waals surface area contributed by atoms with Crippen molar-refractivity contribution in [3.8, 4) is 0 Å². The SMILES string of the molecule is Cc1cc(NC(C)CC(N)=O)nc(N)n1. The number of aryl methyl sites for hydroxylation is 1. The minimum atomic E-state index is -0.353. The Morgan fingerprint density at radius 3 is 2.80 bits per heavy atom. The molecule has 6 nitrogen and oxygen atoms in total. The molecule has 1 amide bonds. The molecule has 1 rings (SSSR count). The minimum Gasteiger partial charge on any atom is -0.370 e. The van der Waals surface area contributed by atoms with Gasteiger partial charge in [-0.15, -0.1) is 0 Å². The van der Waals surface area contributed by atoms with Crippen molar-refractivity contribution in [3.05, 3.63) is 11.8 Å². The molecule has 0 spiro atoms. The van der Waals surface area contributed by atoms with Crippen LogP contribution in [0, 0.1) is 6.92 Å². The van der Waals surface area contributed by atoms with Crippen molar-refractivity contribution >= 4 is 17.7 Å². The molecule has 0 saturated carbocycles. The molecule has 5 N–H and O–H groups in total. The third-order valence-corrected chi connectivity index (χ3v) is 1.77. The van der Waals surface area contributed by atoms with Crippen molar-refractivity contribution < 1.29 is 4.79 Å². The van der Waals surface area contributed by atoms with Crippen molar-refractivity contribution in [3.63, 3.8) is 0 Å². The number of nitrogen functional groups attached to an aromatic ring is 1. The third-order valence-electron chi connectivity index (χ3n) is 1.77. The fraction of sp³-hybridized carbons (Fsp3) is 0.444. The van der Waals surface area contributed by atoms with Gasteiger partial charge in [-0.1, -0.05) is 0 Å². The summed E-state index contributed by atoms with van der Waals surface area (Å²) in [5.41, 5.74) is 11.3. The first-order valence-corrected chi connectivity index (χ1v) is 4.63. The molecule has 1 aromatic heterocycles. The summed E-state index contributed by atoms with van der Waals surface area (Å²) in [6.07, 6.45) is 0.253. The lowest BCUT2D eigenvalue weighted by Gasteiger charge is -2.12. The van der Waals surface area contributed by atoms with E-state index in [2.05, 4.69) is 15.3 Å². The molecule has 0 saturated heterocycles. The number of nitrogens with one attached hydrogen (secondary N) is 1. The first kappa shape index (κ1) is 11.2. The highest BCUT2D eigenvalue weighted by Crippen LogP contribution is 2.09. The number of anilines is 2. The van der Waals surface area contributed by atoms with E-state index in [4.69, 9.17) is 11.5 Å². The second-order valence-corrected chi connectivity index (χ2v) is 3.47. The van der Waals surface area contributed by atoms with Gasteiger partial charge < -0.3 is 16.8 Å². The maximum atomic E-state index is 10.7. The average Bonchev–Trinajstić information content (AvgIpc) is 1.98. The number of carbonyl (C=O) groups is 1. The Labute approximate surface area is 88.1 Å². The van der Waals surface area contributed by atoms with Gasteiger partial charge in [-0.05, 0) is 13.8 Å². The molecule has 15 heavy (non-hydrogen) atoms. The van der Waals surface area contributed by atoms with Crippen LogP contribution in [-0.2, 0) is 4.79 Å². The molecule has 0 fully saturated rings. The Kier molecular flexibility index (Phi) is 3.43. The molecular weight excluding hydrogens is 194 g/mol. The number of hydrogen-bond acceptors (Lipinski definition) is 5. The van der Waals surface area contributed by atoms with Crippen LogP contribution in [0.2, 0.25) is 0 Å². The Morgan fingerprint density at radius 1 is 1.60 bits per heavy atom. The summed E-state index contributed by atoms with van der Waals surface area (Å²) < 4.78 is 0. The Hall–Kier alpha value is -1.85. The molecule has 1 unspecified atom stereocenters. The molecule has 0 radical (unpaired) electrons. The molecule has 1 atom stereocenters. The summed E-state index contributed by atoms with van der Waals surface area (Å²) >= 11 is 0. The van der Waals surface area contributed by atoms with Crippen molar-refractivity contribution in [2.75, 3.05) is 11.1 Å². The molecule has 0 aliphatic heterocycles. The van der Waals surface area contributed by atoms with Crippen molar-refractivity contribution in [2.45, 2.75) is 26.3 Å². The van der Waals surface area contributed by atoms with E-state index in [0.717, 1.165) is 5.69 Å². The van der Waals surface area contributed by atoms with Crippen molar-refractivity contribution in [1.29, 1.82) is 0 Å². The lowest BCUT2D eigenvalue weighted by atomic mass is 10.2. The molecule has 1 aromatic rings. The van der Waals surface area contributed by atoms with Crippen molar-refractivity contribution in [1.82, 2.24) is 9.97 Å². The maximum absolute atomic E-state index is 10.7. The standard InChI is InChI=1S/C9H15N5O/c1-5(3-7(10)15)12-8-4-6(2)13-9(11)14-8/h4-5H,3H2,1-2H3,(H2,10,15)(H3,11,12,13,14). The van der Waals surface area contributed by atoms with Crippen LogP contribution in [0.4, 0.5) is 11.8 Å². The summed E-state index contributed by atoms with van der Waals surface area (Å²) in [5.74, 6) is 0.464. The van der Waals surface area contributed by atoms with E-state index in [0.29, 0.717) is 5.82 Å². The van der Waals surface area contributed by atoms with E-state index in [1.807, 2.05) is 13.8 Å². The largest absolute Gasteiger partial charge is 0.370 e. The fourth-order valence-corrected chi connectivity index (χ4v) is 1.27. The summed E-state index contributed by atoms with van der Waals surface area (Å²) in [6, 6.07) is 1.68. The maximum Gasteiger partial charge on any atom is 0.222 e. The predicted octanol–water partition coefficient (Wildman–Crippen LogP) is 0.0430. The normalized spacial score (nSPS) is 12.1. The van der Waals surface area contributed by atoms with E-state index < -0.39 is 0 Å². The molecule has 0 aliphatic carbocycles. The highest BCUT2D eigenvalue weighted by atomic mass is 16.1. The topological polar surface area (TPSA) is 107 Å². The monoisotopic (exact) mass is 209 g/mol. The van der Waals surface area contributed by atoms with E-state index >= 15 is 0 Å². The smallest absolute Gasteiger partial charge is 0.222 e. The van der Waals surface area contributed by atoms with E-state index in [9.17, 15) is 4.79 Å². The molecular formula is C9H15N5O. The highest BCUT2D eigenvalue weighted by Gasteiger charge is 2.07. The van der Waals surface area contributed by atoms with Crippen LogP contribution in [0.25, 0.3) is 0 Å². The summed E-state index contributed by atoms with van der Waals surface area (Å²) in [5, 5.41) is 3.02. The lowest BCUT2D eigenvalue weighted by molar-refractivity contribution is -0.118. The van der Waals surface area contributed by atoms with Gasteiger partial charge in [0, 0.05) is 24.2 Å². The van der Waals surface area contributed by atoms with E-state index in [1.165, 1.54) is 0 Å². The predicted molar refractivity (Wildman–Crippen MR) is 58.1 cm³/mol. The third kappa shape index (κ3) is 3.80. The summed E-state index contributed by atoms with van der Waals surface area (Å²) in [6.45, 7) is 3.67. The number of nitrogens with zero attached hydrogens (tertiary/aromatic N) is 2. The Balaban J connectivity index is 2.67. The van der Waals surface area contributed by atoms with E-state index in [1.54, 1.807) is 6.07 Å². The average molecular weight is 209 g/mol. The number of carbonyl (C=O) groups excluding carboxylic acids is 1. The minimum absolute atomic E-state index is 0.0730. The van der Waals surface area contributed by atoms with Gasteiger partial charge >= 0.3 is 0 Å². The number of aromatic nitrogens is 2. The van der Waals surface area contributed by atoms with Crippen LogP contribution >= 0.6 is 0 Å². The van der Waals surface area contributed by atoms with Crippen LogP contribution in [0.1, 0.15) is 19.0 Å². The Morgan fingerprint density at radius 2 is 2.27 bits per heavy atom. The zero-order valence-corrected chi connectivity index (χ0v) is 8.82. The van der Waals surface area contributed by atoms with Crippen molar-refractivity contribution in [2.24, 2.45) is 5.73 Å². The number of primary amides is 1. The summed E-state index contributed by atoms with van der Waals surface area (Å²) in [7, 11) is 0. The number of nitrogens with two attached hydrogens (primary N) is 2. The molecule has 82 valence electrons. The van der Waals surface area contributed by atoms with E-state index in [-0.39, 0.29) is 24.3 Å². The zero-order valence-electron chi connectivity index (χ0n) is 8.82. The number of hydrogen-bond donors (Lipinski definition) is 3. The van der Waals surface area contributed by atoms with Crippen LogP contribution in [0.5, 0.6) is 0 Å². The summed E-state index contributed by atoms with van der Waals surface area (Å²) in [4.78, 5) is 18.6. The molecule has 0 aromatic carbocycles. The first-order valence-electron chi connectivity index (χ1n) is 4.63. The van der Waals surface area contributed by atoms with Crippen LogP contribution in [-0.4, -0.2) is 21.9 Å². The fourth-order valence-electron chi connectivity index (χ4n) is 1.27. The lowest BCUT2D eigenvalue weighted by Crippen LogP contribution is -2.24. The van der Waals surface area contributed by atoms with Gasteiger partial charge in [-0.3, -0.25) is 4.79 Å². The number of amides is 1. The number of rotatable bonds is 4.